The van der Waals surface area contributed by atoms with E-state index in [0.29, 0.717) is 0 Å². The van der Waals surface area contributed by atoms with E-state index in [1.807, 2.05) is 0 Å². The van der Waals surface area contributed by atoms with Crippen LogP contribution in [0.4, 0.5) is 0 Å². The quantitative estimate of drug-likeness (QED) is 0.322. The fourth-order valence-electron chi connectivity index (χ4n) is 0.765. The Morgan fingerprint density at radius 3 is 2.33 bits per heavy atom. The van der Waals surface area contributed by atoms with Gasteiger partial charge in [-0.2, -0.15) is 0 Å². The van der Waals surface area contributed by atoms with Crippen LogP contribution in [0.5, 0.6) is 0 Å². The predicted molar refractivity (Wildman–Crippen MR) is 51.7 cm³/mol. The van der Waals surface area contributed by atoms with Gasteiger partial charge in [-0.25, -0.2) is 0 Å². The second kappa shape index (κ2) is 5.82. The van der Waals surface area contributed by atoms with Crippen molar-refractivity contribution >= 4 is 19.4 Å². The van der Waals surface area contributed by atoms with E-state index in [4.69, 9.17) is 21.3 Å². The van der Waals surface area contributed by atoms with Crippen LogP contribution in [0.15, 0.2) is 0 Å². The van der Waals surface area contributed by atoms with Gasteiger partial charge in [0.15, 0.2) is 0 Å². The maximum atomic E-state index is 11.1. The maximum absolute atomic E-state index is 11.1. The van der Waals surface area contributed by atoms with Crippen molar-refractivity contribution in [2.75, 3.05) is 12.7 Å². The van der Waals surface area contributed by atoms with E-state index < -0.39 is 31.6 Å². The lowest BCUT2D eigenvalue weighted by atomic mass is 10.2. The van der Waals surface area contributed by atoms with Gasteiger partial charge in [-0.1, -0.05) is 0 Å². The Morgan fingerprint density at radius 1 is 1.40 bits per heavy atom. The molecule has 2 amide bonds. The summed E-state index contributed by atoms with van der Waals surface area (Å²) in [6, 6.07) is -1.08. The largest absolute Gasteiger partial charge is 0.370 e. The predicted octanol–water partition coefficient (Wildman–Crippen LogP) is -2.52. The third-order valence-corrected chi connectivity index (χ3v) is 2.27. The van der Waals surface area contributed by atoms with E-state index >= 15 is 0 Å². The number of carbonyl (C=O) groups excluding carboxylic acids is 2. The molecule has 0 rings (SSSR count). The van der Waals surface area contributed by atoms with Gasteiger partial charge in [-0.05, 0) is 0 Å². The zero-order valence-electron chi connectivity index (χ0n) is 7.92. The minimum Gasteiger partial charge on any atom is -0.370 e. The second-order valence-electron chi connectivity index (χ2n) is 2.96. The molecule has 0 bridgehead atoms. The Morgan fingerprint density at radius 2 is 1.93 bits per heavy atom. The molecule has 0 saturated heterocycles. The molecule has 0 saturated carbocycles. The third-order valence-electron chi connectivity index (χ3n) is 1.46. The summed E-state index contributed by atoms with van der Waals surface area (Å²) in [5.41, 5.74) is 10.1. The number of nitrogens with two attached hydrogens (primary N) is 2. The molecular formula is C6H14N3O5P. The van der Waals surface area contributed by atoms with Gasteiger partial charge in [-0.3, -0.25) is 14.2 Å². The molecule has 0 radical (unpaired) electrons. The molecule has 0 aromatic carbocycles. The Hall–Kier alpha value is -0.950. The van der Waals surface area contributed by atoms with Crippen molar-refractivity contribution < 1.29 is 23.9 Å². The third kappa shape index (κ3) is 8.07. The van der Waals surface area contributed by atoms with Crippen LogP contribution in [0.2, 0.25) is 0 Å². The number of carbonyl (C=O) groups is 2. The first-order valence-corrected chi connectivity index (χ1v) is 5.88. The van der Waals surface area contributed by atoms with Crippen molar-refractivity contribution in [2.45, 2.75) is 12.5 Å². The molecule has 0 fully saturated rings. The molecule has 0 aliphatic heterocycles. The maximum Gasteiger partial charge on any atom is 0.327 e. The molecule has 88 valence electrons. The number of rotatable bonds is 6. The van der Waals surface area contributed by atoms with Gasteiger partial charge in [0.2, 0.25) is 11.8 Å². The Kier molecular flexibility index (Phi) is 5.45. The lowest BCUT2D eigenvalue weighted by Crippen LogP contribution is -2.43. The highest BCUT2D eigenvalue weighted by atomic mass is 31.2. The highest BCUT2D eigenvalue weighted by Crippen LogP contribution is 2.32. The highest BCUT2D eigenvalue weighted by Gasteiger charge is 2.17. The van der Waals surface area contributed by atoms with Gasteiger partial charge in [0.25, 0.3) is 0 Å². The fraction of sp³-hybridized carbons (Fsp3) is 0.667. The van der Waals surface area contributed by atoms with E-state index in [1.165, 1.54) is 0 Å². The summed E-state index contributed by atoms with van der Waals surface area (Å²) in [7, 11) is -4.13. The Bertz CT molecular complexity index is 288. The number of amides is 2. The number of nitrogens with one attached hydrogen (secondary N) is 1. The van der Waals surface area contributed by atoms with Gasteiger partial charge in [0.05, 0.1) is 18.6 Å². The van der Waals surface area contributed by atoms with E-state index in [2.05, 4.69) is 5.32 Å². The topological polar surface area (TPSA) is 156 Å². The molecule has 9 heteroatoms. The summed E-state index contributed by atoms with van der Waals surface area (Å²) >= 11 is 0. The second-order valence-corrected chi connectivity index (χ2v) is 4.73. The van der Waals surface area contributed by atoms with E-state index in [0.717, 1.165) is 0 Å². The lowest BCUT2D eigenvalue weighted by Gasteiger charge is -2.10. The summed E-state index contributed by atoms with van der Waals surface area (Å²) in [4.78, 5) is 38.4. The van der Waals surface area contributed by atoms with Crippen molar-refractivity contribution in [1.29, 1.82) is 0 Å². The van der Waals surface area contributed by atoms with Crippen LogP contribution >= 0.6 is 7.60 Å². The molecule has 0 aliphatic rings. The summed E-state index contributed by atoms with van der Waals surface area (Å²) in [5, 5.41) is 2.18. The van der Waals surface area contributed by atoms with E-state index in [-0.39, 0.29) is 13.0 Å². The minimum absolute atomic E-state index is 0.199. The Labute approximate surface area is 86.2 Å². The zero-order valence-corrected chi connectivity index (χ0v) is 8.81. The van der Waals surface area contributed by atoms with Gasteiger partial charge in [-0.15, -0.1) is 0 Å². The van der Waals surface area contributed by atoms with E-state index in [1.54, 1.807) is 0 Å². The van der Waals surface area contributed by atoms with Crippen LogP contribution < -0.4 is 16.8 Å². The number of primary amides is 1. The standard InChI is InChI=1S/C6H14N3O5P/c7-4(3-5(8)10)6(11)9-1-2-15(12,13)14/h4H,1-3,7H2,(H2,8,10)(H,9,11)(H2,12,13,14)/t4-/m0/s1. The van der Waals surface area contributed by atoms with Gasteiger partial charge in [0, 0.05) is 6.54 Å². The normalized spacial score (nSPS) is 13.3. The fourth-order valence-corrected chi connectivity index (χ4v) is 1.17. The molecule has 0 unspecified atom stereocenters. The van der Waals surface area contributed by atoms with Crippen molar-refractivity contribution in [3.63, 3.8) is 0 Å². The molecule has 0 spiro atoms. The van der Waals surface area contributed by atoms with Crippen LogP contribution in [0.1, 0.15) is 6.42 Å². The first-order chi connectivity index (χ1) is 6.72. The van der Waals surface area contributed by atoms with Crippen LogP contribution in [0.3, 0.4) is 0 Å². The highest BCUT2D eigenvalue weighted by molar-refractivity contribution is 7.51. The molecule has 8 nitrogen and oxygen atoms in total. The molecule has 0 aromatic heterocycles. The smallest absolute Gasteiger partial charge is 0.327 e. The zero-order chi connectivity index (χ0) is 12.1. The van der Waals surface area contributed by atoms with Crippen LogP contribution in [-0.2, 0) is 14.2 Å². The van der Waals surface area contributed by atoms with Crippen molar-refractivity contribution in [2.24, 2.45) is 11.5 Å². The number of hydrogen-bond donors (Lipinski definition) is 5. The molecular weight excluding hydrogens is 225 g/mol. The Balaban J connectivity index is 3.84. The van der Waals surface area contributed by atoms with Crippen LogP contribution in [0, 0.1) is 0 Å². The lowest BCUT2D eigenvalue weighted by molar-refractivity contribution is -0.126. The van der Waals surface area contributed by atoms with Gasteiger partial charge >= 0.3 is 7.60 Å². The molecule has 0 aliphatic carbocycles. The van der Waals surface area contributed by atoms with Crippen molar-refractivity contribution in [1.82, 2.24) is 5.32 Å². The summed E-state index contributed by atoms with van der Waals surface area (Å²) < 4.78 is 10.4. The van der Waals surface area contributed by atoms with Crippen molar-refractivity contribution in [3.8, 4) is 0 Å². The van der Waals surface area contributed by atoms with Gasteiger partial charge < -0.3 is 26.6 Å². The van der Waals surface area contributed by atoms with Crippen molar-refractivity contribution in [3.05, 3.63) is 0 Å². The number of hydrogen-bond acceptors (Lipinski definition) is 4. The molecule has 0 aromatic rings. The van der Waals surface area contributed by atoms with Gasteiger partial charge in [0.1, 0.15) is 0 Å². The SMILES string of the molecule is NC(=O)C[C@H](N)C(=O)NCCP(=O)(O)O. The van der Waals surface area contributed by atoms with Crippen LogP contribution in [-0.4, -0.2) is 40.3 Å². The molecule has 15 heavy (non-hydrogen) atoms. The summed E-state index contributed by atoms with van der Waals surface area (Å²) in [6.45, 7) is -0.199. The first-order valence-electron chi connectivity index (χ1n) is 4.08. The average molecular weight is 239 g/mol. The molecule has 1 atom stereocenters. The van der Waals surface area contributed by atoms with E-state index in [9.17, 15) is 14.2 Å². The summed E-state index contributed by atoms with van der Waals surface area (Å²) in [5.74, 6) is -1.38. The van der Waals surface area contributed by atoms with Crippen LogP contribution in [0.25, 0.3) is 0 Å². The first kappa shape index (κ1) is 14.1. The molecule has 7 N–H and O–H groups in total. The summed E-state index contributed by atoms with van der Waals surface area (Å²) in [6.07, 6.45) is -0.774. The minimum atomic E-state index is -4.13. The molecule has 0 heterocycles. The average Bonchev–Trinajstić information content (AvgIpc) is 2.00. The monoisotopic (exact) mass is 239 g/mol.